The number of fused-ring (bicyclic) bond motifs is 1. The molecule has 0 aliphatic rings. The van der Waals surface area contributed by atoms with E-state index in [4.69, 9.17) is 5.26 Å². The van der Waals surface area contributed by atoms with Crippen LogP contribution in [-0.4, -0.2) is 14.5 Å². The van der Waals surface area contributed by atoms with E-state index in [2.05, 4.69) is 27.5 Å². The zero-order chi connectivity index (χ0) is 13.4. The maximum Gasteiger partial charge on any atom is 0.152 e. The third kappa shape index (κ3) is 1.90. The molecule has 0 spiro atoms. The third-order valence-corrected chi connectivity index (χ3v) is 3.94. The van der Waals surface area contributed by atoms with Crippen molar-refractivity contribution in [2.75, 3.05) is 0 Å². The van der Waals surface area contributed by atoms with Crippen molar-refractivity contribution in [3.8, 4) is 16.8 Å². The number of hydrogen-bond acceptors (Lipinski definition) is 4. The predicted octanol–water partition coefficient (Wildman–Crippen LogP) is 3.36. The van der Waals surface area contributed by atoms with Gasteiger partial charge in [0, 0.05) is 12.7 Å². The SMILES string of the molecule is CCn1c(-c2cnc(C)s2)nc2cc(C#N)ccc21. The van der Waals surface area contributed by atoms with Gasteiger partial charge in [-0.05, 0) is 32.0 Å². The van der Waals surface area contributed by atoms with E-state index in [0.29, 0.717) is 5.56 Å². The second-order valence-corrected chi connectivity index (χ2v) is 5.47. The van der Waals surface area contributed by atoms with Crippen LogP contribution in [0.25, 0.3) is 21.7 Å². The summed E-state index contributed by atoms with van der Waals surface area (Å²) in [7, 11) is 0. The molecule has 5 heteroatoms. The van der Waals surface area contributed by atoms with Gasteiger partial charge in [0.1, 0.15) is 0 Å². The van der Waals surface area contributed by atoms with Crippen molar-refractivity contribution in [1.82, 2.24) is 14.5 Å². The monoisotopic (exact) mass is 268 g/mol. The summed E-state index contributed by atoms with van der Waals surface area (Å²) in [6.07, 6.45) is 1.86. The van der Waals surface area contributed by atoms with E-state index in [0.717, 1.165) is 33.3 Å². The van der Waals surface area contributed by atoms with E-state index < -0.39 is 0 Å². The Balaban J connectivity index is 2.27. The normalized spacial score (nSPS) is 10.8. The number of thiazole rings is 1. The fourth-order valence-corrected chi connectivity index (χ4v) is 2.95. The molecule has 4 nitrogen and oxygen atoms in total. The van der Waals surface area contributed by atoms with Gasteiger partial charge in [0.2, 0.25) is 0 Å². The lowest BCUT2D eigenvalue weighted by Gasteiger charge is -2.03. The van der Waals surface area contributed by atoms with Crippen LogP contribution in [0.5, 0.6) is 0 Å². The lowest BCUT2D eigenvalue weighted by molar-refractivity contribution is 0.798. The van der Waals surface area contributed by atoms with Crippen molar-refractivity contribution >= 4 is 22.4 Å². The molecule has 0 atom stereocenters. The summed E-state index contributed by atoms with van der Waals surface area (Å²) in [5.74, 6) is 0.929. The minimum atomic E-state index is 0.639. The Bertz CT molecular complexity index is 791. The van der Waals surface area contributed by atoms with Crippen molar-refractivity contribution < 1.29 is 0 Å². The Hall–Kier alpha value is -2.19. The molecule has 0 saturated heterocycles. The topological polar surface area (TPSA) is 54.5 Å². The van der Waals surface area contributed by atoms with E-state index in [1.54, 1.807) is 11.3 Å². The second kappa shape index (κ2) is 4.48. The van der Waals surface area contributed by atoms with Gasteiger partial charge in [-0.2, -0.15) is 5.26 Å². The second-order valence-electron chi connectivity index (χ2n) is 4.24. The molecule has 0 aliphatic carbocycles. The highest BCUT2D eigenvalue weighted by Crippen LogP contribution is 2.29. The molecule has 0 N–H and O–H groups in total. The first-order valence-corrected chi connectivity index (χ1v) is 6.87. The number of aryl methyl sites for hydroxylation is 2. The minimum absolute atomic E-state index is 0.639. The van der Waals surface area contributed by atoms with Crippen LogP contribution < -0.4 is 0 Å². The molecule has 0 bridgehead atoms. The highest BCUT2D eigenvalue weighted by Gasteiger charge is 2.13. The van der Waals surface area contributed by atoms with Gasteiger partial charge < -0.3 is 4.57 Å². The van der Waals surface area contributed by atoms with Crippen LogP contribution in [0.4, 0.5) is 0 Å². The Labute approximate surface area is 115 Å². The van der Waals surface area contributed by atoms with Crippen molar-refractivity contribution in [3.63, 3.8) is 0 Å². The summed E-state index contributed by atoms with van der Waals surface area (Å²) in [5.41, 5.74) is 2.56. The number of rotatable bonds is 2. The fourth-order valence-electron chi connectivity index (χ4n) is 2.17. The maximum absolute atomic E-state index is 8.96. The van der Waals surface area contributed by atoms with Gasteiger partial charge in [-0.15, -0.1) is 11.3 Å². The van der Waals surface area contributed by atoms with Gasteiger partial charge in [-0.3, -0.25) is 0 Å². The zero-order valence-electron chi connectivity index (χ0n) is 10.7. The maximum atomic E-state index is 8.96. The summed E-state index contributed by atoms with van der Waals surface area (Å²) in [6, 6.07) is 7.77. The first-order valence-electron chi connectivity index (χ1n) is 6.06. The van der Waals surface area contributed by atoms with E-state index in [9.17, 15) is 0 Å². The number of nitriles is 1. The average molecular weight is 268 g/mol. The average Bonchev–Trinajstić information content (AvgIpc) is 3.00. The minimum Gasteiger partial charge on any atom is -0.324 e. The Morgan fingerprint density at radius 1 is 1.42 bits per heavy atom. The Morgan fingerprint density at radius 2 is 2.26 bits per heavy atom. The van der Waals surface area contributed by atoms with Crippen molar-refractivity contribution in [2.24, 2.45) is 0 Å². The quantitative estimate of drug-likeness (QED) is 0.716. The van der Waals surface area contributed by atoms with E-state index >= 15 is 0 Å². The summed E-state index contributed by atoms with van der Waals surface area (Å²) in [5, 5.41) is 9.99. The summed E-state index contributed by atoms with van der Waals surface area (Å²) >= 11 is 1.64. The largest absolute Gasteiger partial charge is 0.324 e. The Kier molecular flexibility index (Phi) is 2.80. The smallest absolute Gasteiger partial charge is 0.152 e. The Morgan fingerprint density at radius 3 is 2.89 bits per heavy atom. The highest BCUT2D eigenvalue weighted by atomic mass is 32.1. The van der Waals surface area contributed by atoms with Crippen LogP contribution in [0, 0.1) is 18.3 Å². The molecule has 19 heavy (non-hydrogen) atoms. The molecule has 0 unspecified atom stereocenters. The van der Waals surface area contributed by atoms with Gasteiger partial charge in [-0.1, -0.05) is 0 Å². The molecule has 0 saturated carbocycles. The van der Waals surface area contributed by atoms with Crippen LogP contribution in [-0.2, 0) is 6.54 Å². The van der Waals surface area contributed by atoms with Crippen LogP contribution in [0.3, 0.4) is 0 Å². The van der Waals surface area contributed by atoms with Crippen LogP contribution >= 0.6 is 11.3 Å². The fraction of sp³-hybridized carbons (Fsp3) is 0.214. The van der Waals surface area contributed by atoms with Crippen LogP contribution in [0.2, 0.25) is 0 Å². The zero-order valence-corrected chi connectivity index (χ0v) is 11.5. The van der Waals surface area contributed by atoms with E-state index in [1.807, 2.05) is 31.3 Å². The van der Waals surface area contributed by atoms with E-state index in [1.165, 1.54) is 0 Å². The molecular weight excluding hydrogens is 256 g/mol. The molecule has 0 fully saturated rings. The van der Waals surface area contributed by atoms with Gasteiger partial charge in [0.05, 0.1) is 32.6 Å². The van der Waals surface area contributed by atoms with Gasteiger partial charge >= 0.3 is 0 Å². The van der Waals surface area contributed by atoms with Crippen molar-refractivity contribution in [2.45, 2.75) is 20.4 Å². The van der Waals surface area contributed by atoms with Gasteiger partial charge in [0.25, 0.3) is 0 Å². The lowest BCUT2D eigenvalue weighted by atomic mass is 10.2. The third-order valence-electron chi connectivity index (χ3n) is 3.04. The van der Waals surface area contributed by atoms with Crippen LogP contribution in [0.1, 0.15) is 17.5 Å². The molecule has 0 radical (unpaired) electrons. The van der Waals surface area contributed by atoms with E-state index in [-0.39, 0.29) is 0 Å². The number of aromatic nitrogens is 3. The highest BCUT2D eigenvalue weighted by molar-refractivity contribution is 7.15. The van der Waals surface area contributed by atoms with Crippen LogP contribution in [0.15, 0.2) is 24.4 Å². The first-order chi connectivity index (χ1) is 9.22. The molecular formula is C14H12N4S. The molecule has 3 aromatic rings. The lowest BCUT2D eigenvalue weighted by Crippen LogP contribution is -1.96. The van der Waals surface area contributed by atoms with Crippen molar-refractivity contribution in [3.05, 3.63) is 35.0 Å². The number of benzene rings is 1. The summed E-state index contributed by atoms with van der Waals surface area (Å²) in [6.45, 7) is 4.92. The number of imidazole rings is 1. The molecule has 0 aliphatic heterocycles. The molecule has 94 valence electrons. The number of hydrogen-bond donors (Lipinski definition) is 0. The summed E-state index contributed by atoms with van der Waals surface area (Å²) < 4.78 is 2.16. The molecule has 2 heterocycles. The molecule has 1 aromatic carbocycles. The summed E-state index contributed by atoms with van der Waals surface area (Å²) in [4.78, 5) is 10.0. The molecule has 3 rings (SSSR count). The molecule has 0 amide bonds. The van der Waals surface area contributed by atoms with Gasteiger partial charge in [-0.25, -0.2) is 9.97 Å². The van der Waals surface area contributed by atoms with Gasteiger partial charge in [0.15, 0.2) is 5.82 Å². The number of nitrogens with zero attached hydrogens (tertiary/aromatic N) is 4. The standard InChI is InChI=1S/C14H12N4S/c1-3-18-12-5-4-10(7-15)6-11(12)17-14(18)13-8-16-9(2)19-13/h4-6,8H,3H2,1-2H3. The molecule has 2 aromatic heterocycles. The van der Waals surface area contributed by atoms with Crippen molar-refractivity contribution in [1.29, 1.82) is 5.26 Å². The first kappa shape index (κ1) is 11.9. The predicted molar refractivity (Wildman–Crippen MR) is 76.0 cm³/mol.